The third-order valence-corrected chi connectivity index (χ3v) is 4.70. The van der Waals surface area contributed by atoms with Gasteiger partial charge in [0.25, 0.3) is 0 Å². The van der Waals surface area contributed by atoms with Crippen LogP contribution in [0.25, 0.3) is 0 Å². The van der Waals surface area contributed by atoms with Gasteiger partial charge in [0, 0.05) is 16.8 Å². The van der Waals surface area contributed by atoms with Gasteiger partial charge in [0.2, 0.25) is 5.91 Å². The van der Waals surface area contributed by atoms with E-state index in [1.807, 2.05) is 6.92 Å². The predicted octanol–water partition coefficient (Wildman–Crippen LogP) is 2.50. The first kappa shape index (κ1) is 16.5. The summed E-state index contributed by atoms with van der Waals surface area (Å²) in [5.74, 6) is -1.08. The number of carbonyl (C=O) groups excluding carboxylic acids is 1. The summed E-state index contributed by atoms with van der Waals surface area (Å²) in [5.41, 5.74) is 1.60. The number of benzene rings is 1. The van der Waals surface area contributed by atoms with Gasteiger partial charge < -0.3 is 9.84 Å². The molecule has 0 bridgehead atoms. The zero-order chi connectivity index (χ0) is 16.3. The molecule has 0 aliphatic carbocycles. The van der Waals surface area contributed by atoms with Crippen LogP contribution in [0.15, 0.2) is 28.8 Å². The molecule has 1 heterocycles. The molecule has 22 heavy (non-hydrogen) atoms. The van der Waals surface area contributed by atoms with Crippen LogP contribution in [0, 0.1) is 13.8 Å². The molecule has 1 aromatic heterocycles. The van der Waals surface area contributed by atoms with Crippen LogP contribution in [-0.2, 0) is 20.4 Å². The molecule has 0 atom stereocenters. The summed E-state index contributed by atoms with van der Waals surface area (Å²) in [7, 11) is -3.63. The summed E-state index contributed by atoms with van der Waals surface area (Å²) in [6.07, 6.45) is 0. The lowest BCUT2D eigenvalue weighted by molar-refractivity contribution is -0.113. The smallest absolute Gasteiger partial charge is 0.239 e. The third kappa shape index (κ3) is 4.57. The first-order valence-corrected chi connectivity index (χ1v) is 8.64. The number of hydrogen-bond acceptors (Lipinski definition) is 5. The average Bonchev–Trinajstić information content (AvgIpc) is 2.77. The van der Waals surface area contributed by atoms with Gasteiger partial charge in [-0.25, -0.2) is 8.42 Å². The van der Waals surface area contributed by atoms with Crippen molar-refractivity contribution in [2.24, 2.45) is 0 Å². The van der Waals surface area contributed by atoms with Crippen molar-refractivity contribution in [1.29, 1.82) is 0 Å². The second-order valence-corrected chi connectivity index (χ2v) is 7.44. The zero-order valence-corrected chi connectivity index (χ0v) is 13.7. The summed E-state index contributed by atoms with van der Waals surface area (Å²) >= 11 is 5.95. The van der Waals surface area contributed by atoms with Crippen LogP contribution in [-0.4, -0.2) is 25.2 Å². The maximum Gasteiger partial charge on any atom is 0.239 e. The van der Waals surface area contributed by atoms with Gasteiger partial charge in [-0.3, -0.25) is 4.79 Å². The standard InChI is InChI=1S/C14H15ClN2O4S/c1-9-3-4-11(6-13(9)15)16-14(18)8-22(19,20)7-12-5-10(2)21-17-12/h3-6H,7-8H2,1-2H3,(H,16,18). The number of sulfone groups is 1. The van der Waals surface area contributed by atoms with E-state index in [4.69, 9.17) is 16.1 Å². The van der Waals surface area contributed by atoms with Crippen LogP contribution in [0.4, 0.5) is 5.69 Å². The van der Waals surface area contributed by atoms with Crippen molar-refractivity contribution in [1.82, 2.24) is 5.16 Å². The number of nitrogens with one attached hydrogen (secondary N) is 1. The molecule has 1 amide bonds. The van der Waals surface area contributed by atoms with Gasteiger partial charge >= 0.3 is 0 Å². The summed E-state index contributed by atoms with van der Waals surface area (Å²) in [4.78, 5) is 11.8. The molecule has 0 spiro atoms. The Kier molecular flexibility index (Phi) is 4.87. The monoisotopic (exact) mass is 342 g/mol. The Labute approximate surface area is 133 Å². The molecule has 0 saturated heterocycles. The second kappa shape index (κ2) is 6.50. The van der Waals surface area contributed by atoms with Crippen LogP contribution in [0.1, 0.15) is 17.0 Å². The van der Waals surface area contributed by atoms with Crippen molar-refractivity contribution in [2.75, 3.05) is 11.1 Å². The lowest BCUT2D eigenvalue weighted by Gasteiger charge is -2.07. The van der Waals surface area contributed by atoms with Gasteiger partial charge in [0.05, 0.1) is 11.4 Å². The summed E-state index contributed by atoms with van der Waals surface area (Å²) < 4.78 is 28.7. The van der Waals surface area contributed by atoms with Crippen molar-refractivity contribution in [3.8, 4) is 0 Å². The number of aromatic nitrogens is 1. The van der Waals surface area contributed by atoms with Crippen LogP contribution in [0.5, 0.6) is 0 Å². The molecule has 2 rings (SSSR count). The highest BCUT2D eigenvalue weighted by Crippen LogP contribution is 2.20. The largest absolute Gasteiger partial charge is 0.361 e. The highest BCUT2D eigenvalue weighted by atomic mass is 35.5. The van der Waals surface area contributed by atoms with E-state index in [9.17, 15) is 13.2 Å². The molecule has 0 saturated carbocycles. The molecule has 0 unspecified atom stereocenters. The number of aryl methyl sites for hydroxylation is 2. The first-order valence-electron chi connectivity index (χ1n) is 6.44. The van der Waals surface area contributed by atoms with Gasteiger partial charge in [0.1, 0.15) is 11.5 Å². The topological polar surface area (TPSA) is 89.3 Å². The maximum atomic E-state index is 12.0. The molecule has 0 fully saturated rings. The van der Waals surface area contributed by atoms with E-state index in [2.05, 4.69) is 10.5 Å². The molecule has 2 aromatic rings. The molecular weight excluding hydrogens is 328 g/mol. The Bertz CT molecular complexity index is 799. The molecular formula is C14H15ClN2O4S. The highest BCUT2D eigenvalue weighted by molar-refractivity contribution is 7.91. The van der Waals surface area contributed by atoms with Crippen molar-refractivity contribution >= 4 is 33.0 Å². The van der Waals surface area contributed by atoms with E-state index in [0.717, 1.165) is 5.56 Å². The SMILES string of the molecule is Cc1cc(CS(=O)(=O)CC(=O)Nc2ccc(C)c(Cl)c2)no1. The maximum absolute atomic E-state index is 12.0. The molecule has 0 aliphatic heterocycles. The molecule has 8 heteroatoms. The van der Waals surface area contributed by atoms with E-state index in [0.29, 0.717) is 16.5 Å². The van der Waals surface area contributed by atoms with Crippen LogP contribution in [0.3, 0.4) is 0 Å². The fourth-order valence-electron chi connectivity index (χ4n) is 1.83. The molecule has 1 N–H and O–H groups in total. The number of anilines is 1. The Morgan fingerprint density at radius 1 is 1.32 bits per heavy atom. The molecule has 6 nitrogen and oxygen atoms in total. The highest BCUT2D eigenvalue weighted by Gasteiger charge is 2.19. The fraction of sp³-hybridized carbons (Fsp3) is 0.286. The summed E-state index contributed by atoms with van der Waals surface area (Å²) in [5, 5.41) is 6.62. The van der Waals surface area contributed by atoms with Gasteiger partial charge in [-0.2, -0.15) is 0 Å². The van der Waals surface area contributed by atoms with Crippen LogP contribution in [0.2, 0.25) is 5.02 Å². The van der Waals surface area contributed by atoms with E-state index >= 15 is 0 Å². The number of rotatable bonds is 5. The number of amides is 1. The van der Waals surface area contributed by atoms with Crippen LogP contribution < -0.4 is 5.32 Å². The lowest BCUT2D eigenvalue weighted by Crippen LogP contribution is -2.24. The Hall–Kier alpha value is -1.86. The molecule has 118 valence electrons. The zero-order valence-electron chi connectivity index (χ0n) is 12.1. The molecule has 0 radical (unpaired) electrons. The number of hydrogen-bond donors (Lipinski definition) is 1. The van der Waals surface area contributed by atoms with Gasteiger partial charge in [-0.1, -0.05) is 22.8 Å². The Morgan fingerprint density at radius 2 is 2.05 bits per heavy atom. The van der Waals surface area contributed by atoms with E-state index < -0.39 is 21.5 Å². The minimum Gasteiger partial charge on any atom is -0.361 e. The van der Waals surface area contributed by atoms with Crippen LogP contribution >= 0.6 is 11.6 Å². The van der Waals surface area contributed by atoms with Crippen molar-refractivity contribution in [2.45, 2.75) is 19.6 Å². The van der Waals surface area contributed by atoms with Crippen molar-refractivity contribution in [3.63, 3.8) is 0 Å². The van der Waals surface area contributed by atoms with Gasteiger partial charge in [0.15, 0.2) is 9.84 Å². The third-order valence-electron chi connectivity index (χ3n) is 2.85. The lowest BCUT2D eigenvalue weighted by atomic mass is 10.2. The first-order chi connectivity index (χ1) is 10.2. The average molecular weight is 343 g/mol. The minimum atomic E-state index is -3.63. The minimum absolute atomic E-state index is 0.281. The quantitative estimate of drug-likeness (QED) is 0.901. The van der Waals surface area contributed by atoms with E-state index in [-0.39, 0.29) is 11.4 Å². The molecule has 1 aromatic carbocycles. The Morgan fingerprint density at radius 3 is 2.64 bits per heavy atom. The number of halogens is 1. The van der Waals surface area contributed by atoms with Crippen molar-refractivity contribution in [3.05, 3.63) is 46.3 Å². The number of nitrogens with zero attached hydrogens (tertiary/aromatic N) is 1. The van der Waals surface area contributed by atoms with E-state index in [1.54, 1.807) is 25.1 Å². The second-order valence-electron chi connectivity index (χ2n) is 4.97. The Balaban J connectivity index is 1.99. The number of carbonyl (C=O) groups is 1. The summed E-state index contributed by atoms with van der Waals surface area (Å²) in [6.45, 7) is 3.50. The van der Waals surface area contributed by atoms with Gasteiger partial charge in [-0.15, -0.1) is 0 Å². The fourth-order valence-corrected chi connectivity index (χ4v) is 3.17. The van der Waals surface area contributed by atoms with Crippen molar-refractivity contribution < 1.29 is 17.7 Å². The summed E-state index contributed by atoms with van der Waals surface area (Å²) in [6, 6.07) is 6.49. The predicted molar refractivity (Wildman–Crippen MR) is 83.5 cm³/mol. The van der Waals surface area contributed by atoms with E-state index in [1.165, 1.54) is 6.07 Å². The van der Waals surface area contributed by atoms with Gasteiger partial charge in [-0.05, 0) is 31.5 Å². The molecule has 0 aliphatic rings. The normalized spacial score (nSPS) is 11.4.